The Hall–Kier alpha value is -2.14. The third-order valence-corrected chi connectivity index (χ3v) is 2.51. The van der Waals surface area contributed by atoms with Gasteiger partial charge in [-0.1, -0.05) is 12.1 Å². The van der Waals surface area contributed by atoms with Crippen molar-refractivity contribution in [2.24, 2.45) is 0 Å². The molecule has 0 unspecified atom stereocenters. The number of aryl methyl sites for hydroxylation is 1. The van der Waals surface area contributed by atoms with Gasteiger partial charge in [0.05, 0.1) is 11.6 Å². The molecule has 1 heterocycles. The fourth-order valence-electron chi connectivity index (χ4n) is 1.53. The third kappa shape index (κ3) is 2.46. The van der Waals surface area contributed by atoms with Gasteiger partial charge in [-0.25, -0.2) is 4.57 Å². The van der Waals surface area contributed by atoms with E-state index in [1.54, 1.807) is 0 Å². The largest absolute Gasteiger partial charge is 0.201 e. The molecule has 0 bridgehead atoms. The first-order chi connectivity index (χ1) is 7.78. The predicted molar refractivity (Wildman–Crippen MR) is 61.6 cm³/mol. The molecule has 0 spiro atoms. The highest BCUT2D eigenvalue weighted by Gasteiger charge is 2.01. The molecular weight excluding hydrogens is 196 g/mol. The zero-order valence-electron chi connectivity index (χ0n) is 9.22. The second kappa shape index (κ2) is 4.59. The molecule has 0 N–H and O–H groups in total. The summed E-state index contributed by atoms with van der Waals surface area (Å²) in [5, 5.41) is 8.69. The van der Waals surface area contributed by atoms with Crippen molar-refractivity contribution < 1.29 is 4.57 Å². The molecule has 78 valence electrons. The van der Waals surface area contributed by atoms with Gasteiger partial charge in [0.15, 0.2) is 18.9 Å². The SMILES string of the molecule is Cc1cc[n+](Cc2ccc(C#N)cc2)cc1. The van der Waals surface area contributed by atoms with Gasteiger partial charge < -0.3 is 0 Å². The van der Waals surface area contributed by atoms with Crippen molar-refractivity contribution in [2.75, 3.05) is 0 Å². The van der Waals surface area contributed by atoms with E-state index in [0.29, 0.717) is 5.56 Å². The van der Waals surface area contributed by atoms with E-state index in [4.69, 9.17) is 5.26 Å². The molecule has 0 fully saturated rings. The summed E-state index contributed by atoms with van der Waals surface area (Å²) in [6.07, 6.45) is 4.13. The molecule has 0 aliphatic rings. The third-order valence-electron chi connectivity index (χ3n) is 2.51. The van der Waals surface area contributed by atoms with Gasteiger partial charge in [0.25, 0.3) is 0 Å². The lowest BCUT2D eigenvalue weighted by Crippen LogP contribution is -2.33. The Balaban J connectivity index is 2.15. The maximum Gasteiger partial charge on any atom is 0.173 e. The molecule has 1 aromatic carbocycles. The summed E-state index contributed by atoms with van der Waals surface area (Å²) in [7, 11) is 0. The number of hydrogen-bond donors (Lipinski definition) is 0. The van der Waals surface area contributed by atoms with E-state index in [-0.39, 0.29) is 0 Å². The standard InChI is InChI=1S/C14H13N2/c1-12-6-8-16(9-7-12)11-14-4-2-13(10-15)3-5-14/h2-9H,11H2,1H3/q+1. The molecule has 2 heteroatoms. The quantitative estimate of drug-likeness (QED) is 0.697. The minimum absolute atomic E-state index is 0.706. The van der Waals surface area contributed by atoms with Crippen LogP contribution in [0.2, 0.25) is 0 Å². The highest BCUT2D eigenvalue weighted by molar-refractivity contribution is 5.31. The first-order valence-electron chi connectivity index (χ1n) is 5.23. The fourth-order valence-corrected chi connectivity index (χ4v) is 1.53. The van der Waals surface area contributed by atoms with E-state index in [9.17, 15) is 0 Å². The lowest BCUT2D eigenvalue weighted by atomic mass is 10.1. The summed E-state index contributed by atoms with van der Waals surface area (Å²) >= 11 is 0. The van der Waals surface area contributed by atoms with Crippen LogP contribution in [0.15, 0.2) is 48.8 Å². The van der Waals surface area contributed by atoms with Gasteiger partial charge in [0.2, 0.25) is 0 Å². The molecule has 0 atom stereocenters. The second-order valence-corrected chi connectivity index (χ2v) is 3.86. The minimum atomic E-state index is 0.706. The number of rotatable bonds is 2. The van der Waals surface area contributed by atoms with Crippen molar-refractivity contribution >= 4 is 0 Å². The Bertz CT molecular complexity index is 504. The highest BCUT2D eigenvalue weighted by atomic mass is 14.9. The molecule has 0 saturated carbocycles. The van der Waals surface area contributed by atoms with Crippen LogP contribution in [0.25, 0.3) is 0 Å². The van der Waals surface area contributed by atoms with Crippen molar-refractivity contribution in [3.05, 3.63) is 65.5 Å². The highest BCUT2D eigenvalue weighted by Crippen LogP contribution is 2.02. The molecule has 0 amide bonds. The van der Waals surface area contributed by atoms with E-state index < -0.39 is 0 Å². The monoisotopic (exact) mass is 209 g/mol. The number of nitrogens with zero attached hydrogens (tertiary/aromatic N) is 2. The normalized spacial score (nSPS) is 9.75. The number of nitriles is 1. The van der Waals surface area contributed by atoms with E-state index in [1.165, 1.54) is 11.1 Å². The van der Waals surface area contributed by atoms with E-state index in [0.717, 1.165) is 6.54 Å². The summed E-state index contributed by atoms with van der Waals surface area (Å²) < 4.78 is 2.12. The van der Waals surface area contributed by atoms with Gasteiger partial charge in [0.1, 0.15) is 0 Å². The Morgan fingerprint density at radius 2 is 1.69 bits per heavy atom. The molecule has 0 radical (unpaired) electrons. The Morgan fingerprint density at radius 1 is 1.06 bits per heavy atom. The van der Waals surface area contributed by atoms with Crippen molar-refractivity contribution in [2.45, 2.75) is 13.5 Å². The van der Waals surface area contributed by atoms with Gasteiger partial charge in [0, 0.05) is 17.7 Å². The molecule has 2 aromatic rings. The summed E-state index contributed by atoms with van der Waals surface area (Å²) in [5.41, 5.74) is 3.17. The van der Waals surface area contributed by atoms with E-state index in [1.807, 2.05) is 24.3 Å². The summed E-state index contributed by atoms with van der Waals surface area (Å²) in [6, 6.07) is 14.0. The van der Waals surface area contributed by atoms with Crippen LogP contribution in [0.4, 0.5) is 0 Å². The van der Waals surface area contributed by atoms with Crippen LogP contribution in [-0.4, -0.2) is 0 Å². The Kier molecular flexibility index (Phi) is 2.98. The summed E-state index contributed by atoms with van der Waals surface area (Å²) in [5.74, 6) is 0. The molecule has 0 aliphatic carbocycles. The lowest BCUT2D eigenvalue weighted by Gasteiger charge is -1.98. The topological polar surface area (TPSA) is 27.7 Å². The maximum atomic E-state index is 8.69. The predicted octanol–water partition coefficient (Wildman–Crippen LogP) is 2.20. The zero-order chi connectivity index (χ0) is 11.4. The van der Waals surface area contributed by atoms with Gasteiger partial charge in [-0.3, -0.25) is 0 Å². The molecule has 1 aromatic heterocycles. The number of aromatic nitrogens is 1. The first kappa shape index (κ1) is 10.4. The zero-order valence-corrected chi connectivity index (χ0v) is 9.22. The first-order valence-corrected chi connectivity index (χ1v) is 5.23. The Labute approximate surface area is 95.4 Å². The molecule has 16 heavy (non-hydrogen) atoms. The van der Waals surface area contributed by atoms with Crippen LogP contribution in [0.1, 0.15) is 16.7 Å². The summed E-state index contributed by atoms with van der Waals surface area (Å²) in [6.45, 7) is 2.91. The summed E-state index contributed by atoms with van der Waals surface area (Å²) in [4.78, 5) is 0. The van der Waals surface area contributed by atoms with Crippen LogP contribution in [0, 0.1) is 18.3 Å². The molecule has 0 aliphatic heterocycles. The van der Waals surface area contributed by atoms with E-state index >= 15 is 0 Å². The minimum Gasteiger partial charge on any atom is -0.201 e. The molecule has 2 rings (SSSR count). The van der Waals surface area contributed by atoms with Crippen LogP contribution < -0.4 is 4.57 Å². The van der Waals surface area contributed by atoms with Crippen molar-refractivity contribution in [1.29, 1.82) is 5.26 Å². The second-order valence-electron chi connectivity index (χ2n) is 3.86. The lowest BCUT2D eigenvalue weighted by molar-refractivity contribution is -0.688. The fraction of sp³-hybridized carbons (Fsp3) is 0.143. The molecule has 2 nitrogen and oxygen atoms in total. The van der Waals surface area contributed by atoms with Gasteiger partial charge in [-0.15, -0.1) is 0 Å². The van der Waals surface area contributed by atoms with E-state index in [2.05, 4.69) is 42.1 Å². The number of pyridine rings is 1. The smallest absolute Gasteiger partial charge is 0.173 e. The maximum absolute atomic E-state index is 8.69. The number of benzene rings is 1. The van der Waals surface area contributed by atoms with Gasteiger partial charge in [-0.05, 0) is 24.6 Å². The van der Waals surface area contributed by atoms with Crippen molar-refractivity contribution in [3.63, 3.8) is 0 Å². The van der Waals surface area contributed by atoms with Gasteiger partial charge in [-0.2, -0.15) is 5.26 Å². The average Bonchev–Trinajstić information content (AvgIpc) is 2.33. The molecular formula is C14H13N2+. The molecule has 0 saturated heterocycles. The number of hydrogen-bond acceptors (Lipinski definition) is 1. The van der Waals surface area contributed by atoms with Crippen molar-refractivity contribution in [1.82, 2.24) is 0 Å². The van der Waals surface area contributed by atoms with Crippen LogP contribution in [0.3, 0.4) is 0 Å². The van der Waals surface area contributed by atoms with Crippen molar-refractivity contribution in [3.8, 4) is 6.07 Å². The Morgan fingerprint density at radius 3 is 2.25 bits per heavy atom. The van der Waals surface area contributed by atoms with Crippen LogP contribution in [0.5, 0.6) is 0 Å². The van der Waals surface area contributed by atoms with Gasteiger partial charge >= 0.3 is 0 Å². The van der Waals surface area contributed by atoms with Crippen LogP contribution >= 0.6 is 0 Å². The van der Waals surface area contributed by atoms with Crippen LogP contribution in [-0.2, 0) is 6.54 Å². The average molecular weight is 209 g/mol.